The van der Waals surface area contributed by atoms with Gasteiger partial charge < -0.3 is 4.55 Å². The van der Waals surface area contributed by atoms with Crippen LogP contribution in [0, 0.1) is 0 Å². The first kappa shape index (κ1) is 8.64. The molecule has 0 aliphatic rings. The predicted octanol–water partition coefficient (Wildman–Crippen LogP) is 1.46. The van der Waals surface area contributed by atoms with Gasteiger partial charge in [0.2, 0.25) is 0 Å². The summed E-state index contributed by atoms with van der Waals surface area (Å²) in [6, 6.07) is 4.96. The third-order valence-corrected chi connectivity index (χ3v) is 1.80. The summed E-state index contributed by atoms with van der Waals surface area (Å²) in [5.74, 6) is 0.0283. The highest BCUT2D eigenvalue weighted by Crippen LogP contribution is 2.05. The van der Waals surface area contributed by atoms with Crippen LogP contribution in [0.1, 0.15) is 5.69 Å². The van der Waals surface area contributed by atoms with Crippen LogP contribution in [0.4, 0.5) is 0 Å². The Hall–Kier alpha value is -0.450. The lowest BCUT2D eigenvalue weighted by Crippen LogP contribution is -1.95. The van der Waals surface area contributed by atoms with Crippen molar-refractivity contribution in [3.8, 4) is 0 Å². The zero-order chi connectivity index (χ0) is 8.27. The molecule has 1 N–H and O–H groups in total. The molecule has 0 aromatic carbocycles. The van der Waals surface area contributed by atoms with E-state index in [0.29, 0.717) is 10.8 Å². The number of nitrogens with zero attached hydrogens (tertiary/aromatic N) is 1. The first-order chi connectivity index (χ1) is 5.18. The molecule has 60 valence electrons. The molecule has 3 nitrogen and oxygen atoms in total. The summed E-state index contributed by atoms with van der Waals surface area (Å²) in [7, 11) is 0. The highest BCUT2D eigenvalue weighted by atomic mass is 35.5. The smallest absolute Gasteiger partial charge is 0.158 e. The SMILES string of the molecule is O=S(O)Cc1cccc(Cl)n1. The first-order valence-electron chi connectivity index (χ1n) is 2.87. The van der Waals surface area contributed by atoms with Crippen molar-refractivity contribution in [2.75, 3.05) is 0 Å². The number of rotatable bonds is 2. The Kier molecular flexibility index (Phi) is 2.99. The number of hydrogen-bond acceptors (Lipinski definition) is 2. The standard InChI is InChI=1S/C6H6ClNO2S/c7-6-3-1-2-5(8-6)4-11(9)10/h1-3H,4H2,(H,9,10). The van der Waals surface area contributed by atoms with Crippen LogP contribution in [0.2, 0.25) is 5.15 Å². The third-order valence-electron chi connectivity index (χ3n) is 1.04. The van der Waals surface area contributed by atoms with E-state index in [0.717, 1.165) is 0 Å². The molecule has 0 amide bonds. The minimum atomic E-state index is -1.85. The molecule has 0 fully saturated rings. The normalized spacial score (nSPS) is 12.9. The van der Waals surface area contributed by atoms with Gasteiger partial charge in [-0.3, -0.25) is 0 Å². The molecule has 11 heavy (non-hydrogen) atoms. The quantitative estimate of drug-likeness (QED) is 0.569. The molecule has 0 radical (unpaired) electrons. The van der Waals surface area contributed by atoms with Crippen molar-refractivity contribution in [2.45, 2.75) is 5.75 Å². The van der Waals surface area contributed by atoms with Gasteiger partial charge in [-0.05, 0) is 12.1 Å². The lowest BCUT2D eigenvalue weighted by atomic mass is 10.4. The molecule has 0 aliphatic heterocycles. The minimum Gasteiger partial charge on any atom is -0.306 e. The summed E-state index contributed by atoms with van der Waals surface area (Å²) in [6.45, 7) is 0. The summed E-state index contributed by atoms with van der Waals surface area (Å²) < 4.78 is 18.8. The van der Waals surface area contributed by atoms with Crippen LogP contribution in [0.25, 0.3) is 0 Å². The van der Waals surface area contributed by atoms with E-state index < -0.39 is 11.1 Å². The van der Waals surface area contributed by atoms with Gasteiger partial charge >= 0.3 is 0 Å². The van der Waals surface area contributed by atoms with Crippen LogP contribution in [0.3, 0.4) is 0 Å². The molecule has 1 unspecified atom stereocenters. The minimum absolute atomic E-state index is 0.0283. The highest BCUT2D eigenvalue weighted by molar-refractivity contribution is 7.78. The maximum atomic E-state index is 10.3. The van der Waals surface area contributed by atoms with E-state index >= 15 is 0 Å². The zero-order valence-electron chi connectivity index (χ0n) is 5.53. The van der Waals surface area contributed by atoms with Crippen molar-refractivity contribution in [1.82, 2.24) is 4.98 Å². The molecule has 0 saturated carbocycles. The van der Waals surface area contributed by atoms with Crippen molar-refractivity contribution in [3.05, 3.63) is 29.0 Å². The molecule has 0 saturated heterocycles. The molecule has 5 heteroatoms. The van der Waals surface area contributed by atoms with Crippen molar-refractivity contribution in [2.24, 2.45) is 0 Å². The molecule has 0 spiro atoms. The molecule has 1 atom stereocenters. The second kappa shape index (κ2) is 3.80. The maximum Gasteiger partial charge on any atom is 0.158 e. The molecule has 0 aliphatic carbocycles. The first-order valence-corrected chi connectivity index (χ1v) is 4.53. The van der Waals surface area contributed by atoms with Crippen LogP contribution in [0.15, 0.2) is 18.2 Å². The van der Waals surface area contributed by atoms with Gasteiger partial charge in [0.15, 0.2) is 11.1 Å². The molecular formula is C6H6ClNO2S. The highest BCUT2D eigenvalue weighted by Gasteiger charge is 1.98. The van der Waals surface area contributed by atoms with Crippen LogP contribution in [0.5, 0.6) is 0 Å². The van der Waals surface area contributed by atoms with Gasteiger partial charge in [0.05, 0.1) is 11.4 Å². The number of pyridine rings is 1. The Labute approximate surface area is 71.7 Å². The Morgan fingerprint density at radius 2 is 2.36 bits per heavy atom. The summed E-state index contributed by atoms with van der Waals surface area (Å²) in [5, 5.41) is 0.341. The van der Waals surface area contributed by atoms with Crippen LogP contribution >= 0.6 is 11.6 Å². The van der Waals surface area contributed by atoms with Gasteiger partial charge in [-0.2, -0.15) is 0 Å². The lowest BCUT2D eigenvalue weighted by Gasteiger charge is -1.95. The van der Waals surface area contributed by atoms with Crippen LogP contribution in [-0.2, 0) is 16.8 Å². The van der Waals surface area contributed by atoms with Gasteiger partial charge in [-0.1, -0.05) is 17.7 Å². The molecular weight excluding hydrogens is 186 g/mol. The molecule has 1 rings (SSSR count). The fraction of sp³-hybridized carbons (Fsp3) is 0.167. The predicted molar refractivity (Wildman–Crippen MR) is 43.7 cm³/mol. The Bertz CT molecular complexity index is 279. The largest absolute Gasteiger partial charge is 0.306 e. The van der Waals surface area contributed by atoms with Gasteiger partial charge in [0.25, 0.3) is 0 Å². The maximum absolute atomic E-state index is 10.3. The van der Waals surface area contributed by atoms with Gasteiger partial charge in [0.1, 0.15) is 5.15 Å². The lowest BCUT2D eigenvalue weighted by molar-refractivity contribution is 0.563. The van der Waals surface area contributed by atoms with Crippen molar-refractivity contribution in [1.29, 1.82) is 0 Å². The third kappa shape index (κ3) is 2.96. The number of aromatic nitrogens is 1. The molecule has 1 heterocycles. The van der Waals surface area contributed by atoms with Crippen LogP contribution < -0.4 is 0 Å². The van der Waals surface area contributed by atoms with Gasteiger partial charge in [-0.25, -0.2) is 9.19 Å². The van der Waals surface area contributed by atoms with Crippen LogP contribution in [-0.4, -0.2) is 13.7 Å². The average molecular weight is 192 g/mol. The van der Waals surface area contributed by atoms with Gasteiger partial charge in [-0.15, -0.1) is 0 Å². The van der Waals surface area contributed by atoms with E-state index in [1.807, 2.05) is 0 Å². The van der Waals surface area contributed by atoms with E-state index in [9.17, 15) is 4.21 Å². The summed E-state index contributed by atoms with van der Waals surface area (Å²) in [5.41, 5.74) is 0.526. The average Bonchev–Trinajstić information content (AvgIpc) is 1.85. The molecule has 1 aromatic rings. The second-order valence-electron chi connectivity index (χ2n) is 1.92. The van der Waals surface area contributed by atoms with E-state index in [4.69, 9.17) is 16.2 Å². The molecule has 1 aromatic heterocycles. The summed E-state index contributed by atoms with van der Waals surface area (Å²) >= 11 is 3.69. The summed E-state index contributed by atoms with van der Waals surface area (Å²) in [6.07, 6.45) is 0. The van der Waals surface area contributed by atoms with E-state index in [2.05, 4.69) is 4.98 Å². The van der Waals surface area contributed by atoms with Crippen molar-refractivity contribution >= 4 is 22.7 Å². The monoisotopic (exact) mass is 191 g/mol. The van der Waals surface area contributed by atoms with E-state index in [-0.39, 0.29) is 5.75 Å². The topological polar surface area (TPSA) is 50.2 Å². The van der Waals surface area contributed by atoms with Gasteiger partial charge in [0, 0.05) is 0 Å². The van der Waals surface area contributed by atoms with E-state index in [1.54, 1.807) is 18.2 Å². The molecule has 0 bridgehead atoms. The van der Waals surface area contributed by atoms with Crippen molar-refractivity contribution < 1.29 is 8.76 Å². The number of halogens is 1. The second-order valence-corrected chi connectivity index (χ2v) is 3.24. The Balaban J connectivity index is 2.79. The van der Waals surface area contributed by atoms with E-state index in [1.165, 1.54) is 0 Å². The number of hydrogen-bond donors (Lipinski definition) is 1. The Morgan fingerprint density at radius 3 is 2.91 bits per heavy atom. The fourth-order valence-corrected chi connectivity index (χ4v) is 1.25. The summed E-state index contributed by atoms with van der Waals surface area (Å²) in [4.78, 5) is 3.83. The fourth-order valence-electron chi connectivity index (χ4n) is 0.657. The Morgan fingerprint density at radius 1 is 1.64 bits per heavy atom. The zero-order valence-corrected chi connectivity index (χ0v) is 7.10. The van der Waals surface area contributed by atoms with Crippen molar-refractivity contribution in [3.63, 3.8) is 0 Å².